The SMILES string of the molecule is CCCN(CCCO)C(=O)C1=Cc2ccc(-c3ccc(CC(=O)OC(C)C)cc3)cc2N=C(N)C1. The summed E-state index contributed by atoms with van der Waals surface area (Å²) in [5.41, 5.74) is 11.2. The second-order valence-electron chi connectivity index (χ2n) is 9.00. The molecule has 7 nitrogen and oxygen atoms in total. The minimum absolute atomic E-state index is 0.0464. The van der Waals surface area contributed by atoms with Crippen molar-refractivity contribution in [2.75, 3.05) is 19.7 Å². The summed E-state index contributed by atoms with van der Waals surface area (Å²) in [6, 6.07) is 13.7. The summed E-state index contributed by atoms with van der Waals surface area (Å²) in [5, 5.41) is 9.19. The van der Waals surface area contributed by atoms with E-state index >= 15 is 0 Å². The largest absolute Gasteiger partial charge is 0.463 e. The third-order valence-electron chi connectivity index (χ3n) is 5.64. The Bertz CT molecular complexity index is 1100. The summed E-state index contributed by atoms with van der Waals surface area (Å²) in [4.78, 5) is 31.5. The molecule has 0 saturated carbocycles. The van der Waals surface area contributed by atoms with Gasteiger partial charge in [0.05, 0.1) is 18.2 Å². The fourth-order valence-corrected chi connectivity index (χ4v) is 4.04. The summed E-state index contributed by atoms with van der Waals surface area (Å²) in [7, 11) is 0. The lowest BCUT2D eigenvalue weighted by molar-refractivity contribution is -0.146. The lowest BCUT2D eigenvalue weighted by Crippen LogP contribution is -2.35. The molecule has 1 aliphatic rings. The van der Waals surface area contributed by atoms with Crippen molar-refractivity contribution >= 4 is 29.5 Å². The van der Waals surface area contributed by atoms with Crippen LogP contribution in [0.3, 0.4) is 0 Å². The first-order valence-electron chi connectivity index (χ1n) is 12.2. The van der Waals surface area contributed by atoms with Crippen LogP contribution in [0.5, 0.6) is 0 Å². The second kappa shape index (κ2) is 12.3. The summed E-state index contributed by atoms with van der Waals surface area (Å²) in [6.45, 7) is 6.88. The molecule has 0 bridgehead atoms. The van der Waals surface area contributed by atoms with Crippen molar-refractivity contribution in [3.05, 3.63) is 59.2 Å². The van der Waals surface area contributed by atoms with Crippen molar-refractivity contribution < 1.29 is 19.4 Å². The van der Waals surface area contributed by atoms with Crippen LogP contribution in [0, 0.1) is 0 Å². The van der Waals surface area contributed by atoms with Crippen LogP contribution in [0.4, 0.5) is 5.69 Å². The van der Waals surface area contributed by atoms with Crippen molar-refractivity contribution in [1.82, 2.24) is 4.90 Å². The first kappa shape index (κ1) is 26.2. The Morgan fingerprint density at radius 1 is 1.11 bits per heavy atom. The molecule has 0 unspecified atom stereocenters. The molecule has 0 aliphatic carbocycles. The monoisotopic (exact) mass is 477 g/mol. The van der Waals surface area contributed by atoms with E-state index in [-0.39, 0.29) is 37.4 Å². The van der Waals surface area contributed by atoms with Crippen molar-refractivity contribution in [2.45, 2.75) is 52.6 Å². The van der Waals surface area contributed by atoms with E-state index < -0.39 is 0 Å². The molecule has 0 fully saturated rings. The number of rotatable bonds is 10. The molecule has 1 aliphatic heterocycles. The first-order valence-corrected chi connectivity index (χ1v) is 12.2. The maximum absolute atomic E-state index is 13.2. The molecule has 0 aromatic heterocycles. The second-order valence-corrected chi connectivity index (χ2v) is 9.00. The van der Waals surface area contributed by atoms with E-state index in [4.69, 9.17) is 10.5 Å². The predicted octanol–water partition coefficient (Wildman–Crippen LogP) is 4.24. The van der Waals surface area contributed by atoms with E-state index in [2.05, 4.69) is 4.99 Å². The quantitative estimate of drug-likeness (QED) is 0.498. The van der Waals surface area contributed by atoms with E-state index in [0.29, 0.717) is 36.6 Å². The molecule has 1 amide bonds. The van der Waals surface area contributed by atoms with E-state index in [1.807, 2.05) is 69.3 Å². The maximum atomic E-state index is 13.2. The number of ether oxygens (including phenoxy) is 1. The van der Waals surface area contributed by atoms with Crippen LogP contribution in [0.2, 0.25) is 0 Å². The van der Waals surface area contributed by atoms with Gasteiger partial charge in [0.25, 0.3) is 0 Å². The minimum atomic E-state index is -0.242. The predicted molar refractivity (Wildman–Crippen MR) is 139 cm³/mol. The Kier molecular flexibility index (Phi) is 9.20. The van der Waals surface area contributed by atoms with Crippen molar-refractivity contribution in [3.63, 3.8) is 0 Å². The van der Waals surface area contributed by atoms with Gasteiger partial charge in [-0.25, -0.2) is 4.99 Å². The van der Waals surface area contributed by atoms with E-state index in [1.54, 1.807) is 4.90 Å². The number of hydrogen-bond acceptors (Lipinski definition) is 6. The van der Waals surface area contributed by atoms with Gasteiger partial charge in [-0.2, -0.15) is 0 Å². The van der Waals surface area contributed by atoms with Crippen LogP contribution in [0.15, 0.2) is 53.0 Å². The van der Waals surface area contributed by atoms with Crippen LogP contribution in [-0.2, 0) is 20.7 Å². The molecule has 186 valence electrons. The average Bonchev–Trinajstić information content (AvgIpc) is 2.98. The molecule has 3 N–H and O–H groups in total. The molecule has 7 heteroatoms. The Hall–Kier alpha value is -3.45. The van der Waals surface area contributed by atoms with Crippen molar-refractivity contribution in [3.8, 4) is 11.1 Å². The molecule has 3 rings (SSSR count). The standard InChI is InChI=1S/C28H35N3O4/c1-4-12-31(13-5-14-32)28(34)24-16-23-11-10-22(17-25(23)30-26(29)18-24)21-8-6-20(7-9-21)15-27(33)35-19(2)3/h6-11,16-17,19,32H,4-5,12-15,18H2,1-3H3,(H2,29,30). The van der Waals surface area contributed by atoms with Gasteiger partial charge in [0.15, 0.2) is 0 Å². The smallest absolute Gasteiger partial charge is 0.310 e. The molecule has 1 heterocycles. The van der Waals surface area contributed by atoms with E-state index in [0.717, 1.165) is 28.7 Å². The number of amides is 1. The molecular weight excluding hydrogens is 442 g/mol. The number of nitrogens with two attached hydrogens (primary N) is 1. The highest BCUT2D eigenvalue weighted by atomic mass is 16.5. The number of benzene rings is 2. The molecule has 0 radical (unpaired) electrons. The Morgan fingerprint density at radius 3 is 2.49 bits per heavy atom. The van der Waals surface area contributed by atoms with Crippen LogP contribution in [-0.4, -0.2) is 53.5 Å². The van der Waals surface area contributed by atoms with Gasteiger partial charge in [0.2, 0.25) is 5.91 Å². The average molecular weight is 478 g/mol. The lowest BCUT2D eigenvalue weighted by atomic mass is 9.99. The van der Waals surface area contributed by atoms with Gasteiger partial charge in [0, 0.05) is 37.3 Å². The van der Waals surface area contributed by atoms with Crippen molar-refractivity contribution in [1.29, 1.82) is 0 Å². The van der Waals surface area contributed by atoms with Crippen LogP contribution in [0.25, 0.3) is 17.2 Å². The summed E-state index contributed by atoms with van der Waals surface area (Å²) >= 11 is 0. The van der Waals surface area contributed by atoms with E-state index in [9.17, 15) is 14.7 Å². The Morgan fingerprint density at radius 2 is 1.83 bits per heavy atom. The van der Waals surface area contributed by atoms with E-state index in [1.165, 1.54) is 0 Å². The fourth-order valence-electron chi connectivity index (χ4n) is 4.04. The van der Waals surface area contributed by atoms with Crippen LogP contribution >= 0.6 is 0 Å². The number of esters is 1. The molecular formula is C28H35N3O4. The van der Waals surface area contributed by atoms with Crippen LogP contribution < -0.4 is 5.73 Å². The Labute approximate surface area is 207 Å². The highest BCUT2D eigenvalue weighted by Gasteiger charge is 2.21. The zero-order valence-electron chi connectivity index (χ0n) is 20.8. The molecule has 2 aromatic carbocycles. The van der Waals surface area contributed by atoms with Crippen molar-refractivity contribution in [2.24, 2.45) is 10.7 Å². The first-order chi connectivity index (χ1) is 16.8. The molecule has 35 heavy (non-hydrogen) atoms. The number of amidine groups is 1. The van der Waals surface area contributed by atoms with Gasteiger partial charge in [-0.1, -0.05) is 43.3 Å². The number of carbonyl (C=O) groups is 2. The fraction of sp³-hybridized carbons (Fsp3) is 0.393. The molecule has 0 spiro atoms. The number of nitrogens with zero attached hydrogens (tertiary/aromatic N) is 2. The van der Waals surface area contributed by atoms with Gasteiger partial charge >= 0.3 is 5.97 Å². The van der Waals surface area contributed by atoms with Crippen LogP contribution in [0.1, 0.15) is 51.2 Å². The Balaban J connectivity index is 1.83. The highest BCUT2D eigenvalue weighted by molar-refractivity contribution is 6.05. The number of carbonyl (C=O) groups excluding carboxylic acids is 2. The summed E-state index contributed by atoms with van der Waals surface area (Å²) in [5.74, 6) is 0.0775. The van der Waals surface area contributed by atoms with Gasteiger partial charge in [-0.05, 0) is 55.5 Å². The maximum Gasteiger partial charge on any atom is 0.310 e. The van der Waals surface area contributed by atoms with Gasteiger partial charge in [-0.3, -0.25) is 9.59 Å². The lowest BCUT2D eigenvalue weighted by Gasteiger charge is -2.23. The normalized spacial score (nSPS) is 12.9. The number of fused-ring (bicyclic) bond motifs is 1. The number of aliphatic hydroxyl groups is 1. The van der Waals surface area contributed by atoms with Gasteiger partial charge in [-0.15, -0.1) is 0 Å². The van der Waals surface area contributed by atoms with Gasteiger partial charge < -0.3 is 20.5 Å². The molecule has 0 atom stereocenters. The zero-order chi connectivity index (χ0) is 25.4. The molecule has 2 aromatic rings. The number of aliphatic imine (C=N–C) groups is 1. The number of aliphatic hydroxyl groups excluding tert-OH is 1. The number of hydrogen-bond donors (Lipinski definition) is 2. The van der Waals surface area contributed by atoms with Gasteiger partial charge in [0.1, 0.15) is 5.84 Å². The third-order valence-corrected chi connectivity index (χ3v) is 5.64. The zero-order valence-corrected chi connectivity index (χ0v) is 20.8. The summed E-state index contributed by atoms with van der Waals surface area (Å²) in [6.07, 6.45) is 3.64. The third kappa shape index (κ3) is 7.26. The minimum Gasteiger partial charge on any atom is -0.463 e. The topological polar surface area (TPSA) is 105 Å². The highest BCUT2D eigenvalue weighted by Crippen LogP contribution is 2.32. The molecule has 0 saturated heterocycles. The summed E-state index contributed by atoms with van der Waals surface area (Å²) < 4.78 is 5.22.